The van der Waals surface area contributed by atoms with Gasteiger partial charge in [0.1, 0.15) is 0 Å². The molecule has 0 atom stereocenters. The van der Waals surface area contributed by atoms with E-state index in [-0.39, 0.29) is 0 Å². The Bertz CT molecular complexity index is 599. The van der Waals surface area contributed by atoms with Gasteiger partial charge in [-0.15, -0.1) is 5.10 Å². The van der Waals surface area contributed by atoms with Crippen molar-refractivity contribution in [3.05, 3.63) is 47.8 Å². The Morgan fingerprint density at radius 1 is 1.12 bits per heavy atom. The number of piperidine rings is 1. The molecule has 0 aliphatic carbocycles. The van der Waals surface area contributed by atoms with Crippen molar-refractivity contribution in [2.75, 3.05) is 33.7 Å². The maximum atomic E-state index is 4.34. The molecule has 0 N–H and O–H groups in total. The Kier molecular flexibility index (Phi) is 5.99. The topological polar surface area (TPSA) is 37.2 Å². The molecule has 0 bridgehead atoms. The van der Waals surface area contributed by atoms with Crippen molar-refractivity contribution in [2.24, 2.45) is 0 Å². The third-order valence-corrected chi connectivity index (χ3v) is 4.75. The second-order valence-corrected chi connectivity index (χ2v) is 7.09. The average molecular weight is 327 g/mol. The first-order chi connectivity index (χ1) is 11.7. The molecule has 0 radical (unpaired) electrons. The van der Waals surface area contributed by atoms with Crippen LogP contribution in [0.15, 0.2) is 36.5 Å². The van der Waals surface area contributed by atoms with Crippen LogP contribution in [0.25, 0.3) is 0 Å². The zero-order valence-corrected chi connectivity index (χ0v) is 14.9. The number of aromatic nitrogens is 3. The van der Waals surface area contributed by atoms with E-state index in [1.165, 1.54) is 50.9 Å². The Hall–Kier alpha value is -1.72. The van der Waals surface area contributed by atoms with Crippen LogP contribution in [-0.2, 0) is 13.0 Å². The molecule has 1 aromatic carbocycles. The highest BCUT2D eigenvalue weighted by Crippen LogP contribution is 2.22. The van der Waals surface area contributed by atoms with Gasteiger partial charge in [-0.2, -0.15) is 0 Å². The van der Waals surface area contributed by atoms with E-state index in [9.17, 15) is 0 Å². The monoisotopic (exact) mass is 327 g/mol. The van der Waals surface area contributed by atoms with Gasteiger partial charge in [0.25, 0.3) is 0 Å². The second kappa shape index (κ2) is 8.40. The smallest absolute Gasteiger partial charge is 0.0967 e. The highest BCUT2D eigenvalue weighted by Gasteiger charge is 2.21. The third kappa shape index (κ3) is 4.89. The first kappa shape index (κ1) is 17.1. The largest absolute Gasteiger partial charge is 0.303 e. The van der Waals surface area contributed by atoms with Crippen molar-refractivity contribution < 1.29 is 0 Å². The van der Waals surface area contributed by atoms with Gasteiger partial charge in [0, 0.05) is 19.6 Å². The fraction of sp³-hybridized carbons (Fsp3) is 0.579. The zero-order valence-electron chi connectivity index (χ0n) is 14.9. The van der Waals surface area contributed by atoms with Crippen LogP contribution in [0.5, 0.6) is 0 Å². The molecule has 1 aliphatic heterocycles. The molecule has 2 aromatic rings. The summed E-state index contributed by atoms with van der Waals surface area (Å²) in [7, 11) is 4.12. The molecule has 0 saturated carbocycles. The minimum absolute atomic E-state index is 0.513. The summed E-state index contributed by atoms with van der Waals surface area (Å²) in [5.74, 6) is 0. The summed E-state index contributed by atoms with van der Waals surface area (Å²) in [5, 5.41) is 8.63. The van der Waals surface area contributed by atoms with Crippen molar-refractivity contribution in [3.8, 4) is 0 Å². The van der Waals surface area contributed by atoms with Gasteiger partial charge in [0.2, 0.25) is 0 Å². The molecule has 5 heteroatoms. The number of rotatable bonds is 7. The number of aryl methyl sites for hydroxylation is 1. The van der Waals surface area contributed by atoms with Gasteiger partial charge < -0.3 is 9.80 Å². The predicted octanol–water partition coefficient (Wildman–Crippen LogP) is 2.61. The lowest BCUT2D eigenvalue weighted by atomic mass is 10.0. The molecule has 1 aliphatic rings. The second-order valence-electron chi connectivity index (χ2n) is 7.09. The van der Waals surface area contributed by atoms with Gasteiger partial charge in [-0.25, -0.2) is 4.68 Å². The molecule has 130 valence electrons. The summed E-state index contributed by atoms with van der Waals surface area (Å²) < 4.78 is 2.08. The predicted molar refractivity (Wildman–Crippen MR) is 96.9 cm³/mol. The maximum absolute atomic E-state index is 4.34. The number of hydrogen-bond acceptors (Lipinski definition) is 4. The summed E-state index contributed by atoms with van der Waals surface area (Å²) in [6, 6.07) is 11.3. The molecule has 3 rings (SSSR count). The maximum Gasteiger partial charge on any atom is 0.0967 e. The van der Waals surface area contributed by atoms with Gasteiger partial charge in [0.15, 0.2) is 0 Å². The van der Waals surface area contributed by atoms with Crippen molar-refractivity contribution in [1.29, 1.82) is 0 Å². The van der Waals surface area contributed by atoms with Crippen LogP contribution >= 0.6 is 0 Å². The third-order valence-electron chi connectivity index (χ3n) is 4.75. The van der Waals surface area contributed by atoms with E-state index in [4.69, 9.17) is 0 Å². The molecule has 5 nitrogen and oxygen atoms in total. The van der Waals surface area contributed by atoms with E-state index >= 15 is 0 Å². The van der Waals surface area contributed by atoms with E-state index in [1.807, 2.05) is 0 Å². The highest BCUT2D eigenvalue weighted by atomic mass is 15.4. The van der Waals surface area contributed by atoms with Gasteiger partial charge in [0.05, 0.1) is 17.9 Å². The van der Waals surface area contributed by atoms with E-state index in [0.29, 0.717) is 6.04 Å². The standard InChI is InChI=1S/C19H29N5/c1-22(2)15-18-16-24(21-20-18)19-10-13-23(14-11-19)12-6-9-17-7-4-3-5-8-17/h3-5,7-8,16,19H,6,9-15H2,1-2H3. The minimum atomic E-state index is 0.513. The lowest BCUT2D eigenvalue weighted by Gasteiger charge is -2.31. The molecule has 24 heavy (non-hydrogen) atoms. The number of hydrogen-bond donors (Lipinski definition) is 0. The first-order valence-electron chi connectivity index (χ1n) is 9.02. The average Bonchev–Trinajstić information content (AvgIpc) is 3.04. The number of benzene rings is 1. The van der Waals surface area contributed by atoms with E-state index in [1.54, 1.807) is 0 Å². The molecular weight excluding hydrogens is 298 g/mol. The number of likely N-dealkylation sites (tertiary alicyclic amines) is 1. The summed E-state index contributed by atoms with van der Waals surface area (Å²) in [6.07, 6.45) is 6.89. The Balaban J connectivity index is 1.40. The molecular formula is C19H29N5. The van der Waals surface area contributed by atoms with Gasteiger partial charge in [-0.05, 0) is 51.9 Å². The van der Waals surface area contributed by atoms with E-state index < -0.39 is 0 Å². The summed E-state index contributed by atoms with van der Waals surface area (Å²) >= 11 is 0. The van der Waals surface area contributed by atoms with Gasteiger partial charge in [-0.1, -0.05) is 35.5 Å². The van der Waals surface area contributed by atoms with Crippen LogP contribution in [0.4, 0.5) is 0 Å². The Morgan fingerprint density at radius 3 is 2.58 bits per heavy atom. The Morgan fingerprint density at radius 2 is 1.88 bits per heavy atom. The normalized spacial score (nSPS) is 16.8. The molecule has 1 saturated heterocycles. The van der Waals surface area contributed by atoms with Crippen molar-refractivity contribution in [2.45, 2.75) is 38.3 Å². The van der Waals surface area contributed by atoms with Crippen molar-refractivity contribution >= 4 is 0 Å². The van der Waals surface area contributed by atoms with E-state index in [2.05, 4.69) is 75.4 Å². The van der Waals surface area contributed by atoms with Gasteiger partial charge >= 0.3 is 0 Å². The van der Waals surface area contributed by atoms with Crippen LogP contribution in [0.1, 0.15) is 36.6 Å². The molecule has 2 heterocycles. The SMILES string of the molecule is CN(C)Cc1cn(C2CCN(CCCc3ccccc3)CC2)nn1. The summed E-state index contributed by atoms with van der Waals surface area (Å²) in [6.45, 7) is 4.40. The number of nitrogens with zero attached hydrogens (tertiary/aromatic N) is 5. The van der Waals surface area contributed by atoms with Crippen molar-refractivity contribution in [3.63, 3.8) is 0 Å². The quantitative estimate of drug-likeness (QED) is 0.783. The van der Waals surface area contributed by atoms with Crippen LogP contribution in [-0.4, -0.2) is 58.5 Å². The fourth-order valence-electron chi connectivity index (χ4n) is 3.45. The first-order valence-corrected chi connectivity index (χ1v) is 9.02. The van der Waals surface area contributed by atoms with Gasteiger partial charge in [-0.3, -0.25) is 0 Å². The van der Waals surface area contributed by atoms with Crippen LogP contribution in [0.2, 0.25) is 0 Å². The van der Waals surface area contributed by atoms with E-state index in [0.717, 1.165) is 12.2 Å². The lowest BCUT2D eigenvalue weighted by molar-refractivity contribution is 0.177. The molecule has 0 spiro atoms. The van der Waals surface area contributed by atoms with Crippen LogP contribution in [0, 0.1) is 0 Å². The minimum Gasteiger partial charge on any atom is -0.303 e. The van der Waals surface area contributed by atoms with Crippen LogP contribution < -0.4 is 0 Å². The van der Waals surface area contributed by atoms with Crippen molar-refractivity contribution in [1.82, 2.24) is 24.8 Å². The zero-order chi connectivity index (χ0) is 16.8. The summed E-state index contributed by atoms with van der Waals surface area (Å²) in [4.78, 5) is 4.72. The highest BCUT2D eigenvalue weighted by molar-refractivity contribution is 5.14. The van der Waals surface area contributed by atoms with Crippen LogP contribution in [0.3, 0.4) is 0 Å². The molecule has 0 amide bonds. The fourth-order valence-corrected chi connectivity index (χ4v) is 3.45. The lowest BCUT2D eigenvalue weighted by Crippen LogP contribution is -2.35. The molecule has 1 aromatic heterocycles. The molecule has 0 unspecified atom stereocenters. The molecule has 1 fully saturated rings. The Labute approximate surface area is 145 Å². The summed E-state index contributed by atoms with van der Waals surface area (Å²) in [5.41, 5.74) is 2.51.